The maximum Gasteiger partial charge on any atom is 0.220 e. The van der Waals surface area contributed by atoms with Crippen LogP contribution in [-0.2, 0) is 11.2 Å². The van der Waals surface area contributed by atoms with E-state index in [9.17, 15) is 4.79 Å². The van der Waals surface area contributed by atoms with E-state index in [1.165, 1.54) is 0 Å². The van der Waals surface area contributed by atoms with E-state index in [2.05, 4.69) is 10.4 Å². The molecule has 2 rings (SSSR count). The van der Waals surface area contributed by atoms with Crippen molar-refractivity contribution in [2.45, 2.75) is 25.9 Å². The first-order valence-corrected chi connectivity index (χ1v) is 6.69. The molecule has 0 aliphatic rings. The molecular weight excluding hydrogens is 254 g/mol. The first kappa shape index (κ1) is 14.3. The Morgan fingerprint density at radius 3 is 2.85 bits per heavy atom. The summed E-state index contributed by atoms with van der Waals surface area (Å²) in [5.74, 6) is -0.0571. The van der Waals surface area contributed by atoms with Crippen LogP contribution in [0.1, 0.15) is 18.9 Å². The Bertz CT molecular complexity index is 549. The van der Waals surface area contributed by atoms with Crippen LogP contribution in [0.3, 0.4) is 0 Å². The third-order valence-electron chi connectivity index (χ3n) is 2.89. The van der Waals surface area contributed by atoms with Crippen molar-refractivity contribution in [2.75, 3.05) is 6.54 Å². The van der Waals surface area contributed by atoms with Crippen LogP contribution < -0.4 is 5.32 Å². The van der Waals surface area contributed by atoms with E-state index < -0.39 is 6.10 Å². The number of hydrogen-bond donors (Lipinski definition) is 2. The Balaban J connectivity index is 1.86. The molecular formula is C15H19N3O2. The third-order valence-corrected chi connectivity index (χ3v) is 2.89. The van der Waals surface area contributed by atoms with Crippen LogP contribution in [-0.4, -0.2) is 33.4 Å². The predicted molar refractivity (Wildman–Crippen MR) is 76.6 cm³/mol. The average Bonchev–Trinajstić information content (AvgIpc) is 2.93. The first-order chi connectivity index (χ1) is 9.65. The van der Waals surface area contributed by atoms with Gasteiger partial charge in [0.1, 0.15) is 0 Å². The Morgan fingerprint density at radius 1 is 1.40 bits per heavy atom. The Hall–Kier alpha value is -2.14. The molecule has 5 nitrogen and oxygen atoms in total. The van der Waals surface area contributed by atoms with E-state index in [1.54, 1.807) is 17.8 Å². The molecule has 1 amide bonds. The number of hydrogen-bond acceptors (Lipinski definition) is 3. The normalized spacial score (nSPS) is 12.1. The Kier molecular flexibility index (Phi) is 4.90. The average molecular weight is 273 g/mol. The largest absolute Gasteiger partial charge is 0.392 e. The van der Waals surface area contributed by atoms with Crippen molar-refractivity contribution in [3.8, 4) is 5.69 Å². The van der Waals surface area contributed by atoms with E-state index in [0.717, 1.165) is 11.3 Å². The highest BCUT2D eigenvalue weighted by Gasteiger charge is 2.05. The SMILES string of the molecule is CC(O)CNC(=O)CCc1cnn(-c2ccccc2)c1. The monoisotopic (exact) mass is 273 g/mol. The number of benzene rings is 1. The molecule has 0 aliphatic heterocycles. The maximum atomic E-state index is 11.5. The lowest BCUT2D eigenvalue weighted by atomic mass is 10.2. The van der Waals surface area contributed by atoms with E-state index in [1.807, 2.05) is 36.5 Å². The second-order valence-corrected chi connectivity index (χ2v) is 4.78. The van der Waals surface area contributed by atoms with Gasteiger partial charge in [-0.15, -0.1) is 0 Å². The van der Waals surface area contributed by atoms with Crippen LogP contribution in [0.2, 0.25) is 0 Å². The topological polar surface area (TPSA) is 67.2 Å². The van der Waals surface area contributed by atoms with Gasteiger partial charge in [-0.2, -0.15) is 5.10 Å². The number of para-hydroxylation sites is 1. The summed E-state index contributed by atoms with van der Waals surface area (Å²) in [6.07, 6.45) is 4.22. The Morgan fingerprint density at radius 2 is 2.15 bits per heavy atom. The molecule has 20 heavy (non-hydrogen) atoms. The van der Waals surface area contributed by atoms with Crippen LogP contribution in [0.5, 0.6) is 0 Å². The lowest BCUT2D eigenvalue weighted by Gasteiger charge is -2.06. The predicted octanol–water partition coefficient (Wildman–Crippen LogP) is 1.30. The van der Waals surface area contributed by atoms with Crippen molar-refractivity contribution in [3.63, 3.8) is 0 Å². The van der Waals surface area contributed by atoms with Crippen molar-refractivity contribution in [1.82, 2.24) is 15.1 Å². The number of carbonyl (C=O) groups is 1. The minimum atomic E-state index is -0.514. The zero-order valence-electron chi connectivity index (χ0n) is 11.5. The van der Waals surface area contributed by atoms with Crippen molar-refractivity contribution in [2.24, 2.45) is 0 Å². The first-order valence-electron chi connectivity index (χ1n) is 6.69. The molecule has 0 radical (unpaired) electrons. The van der Waals surface area contributed by atoms with Gasteiger partial charge in [0.15, 0.2) is 0 Å². The standard InChI is InChI=1S/C15H19N3O2/c1-12(19)9-16-15(20)8-7-13-10-17-18(11-13)14-5-3-2-4-6-14/h2-6,10-12,19H,7-9H2,1H3,(H,16,20). The number of nitrogens with zero attached hydrogens (tertiary/aromatic N) is 2. The fourth-order valence-electron chi connectivity index (χ4n) is 1.82. The molecule has 1 aromatic heterocycles. The lowest BCUT2D eigenvalue weighted by Crippen LogP contribution is -2.30. The van der Waals surface area contributed by atoms with Crippen molar-refractivity contribution in [1.29, 1.82) is 0 Å². The minimum absolute atomic E-state index is 0.0571. The number of aliphatic hydroxyl groups is 1. The highest BCUT2D eigenvalue weighted by Crippen LogP contribution is 2.09. The molecule has 0 bridgehead atoms. The van der Waals surface area contributed by atoms with Crippen molar-refractivity contribution >= 4 is 5.91 Å². The van der Waals surface area contributed by atoms with E-state index >= 15 is 0 Å². The molecule has 1 aromatic carbocycles. The summed E-state index contributed by atoms with van der Waals surface area (Å²) < 4.78 is 1.79. The second-order valence-electron chi connectivity index (χ2n) is 4.78. The summed E-state index contributed by atoms with van der Waals surface area (Å²) in [7, 11) is 0. The van der Waals surface area contributed by atoms with Gasteiger partial charge in [-0.3, -0.25) is 4.79 Å². The quantitative estimate of drug-likeness (QED) is 0.833. The zero-order chi connectivity index (χ0) is 14.4. The molecule has 0 aliphatic carbocycles. The van der Waals surface area contributed by atoms with Crippen LogP contribution >= 0.6 is 0 Å². The fraction of sp³-hybridized carbons (Fsp3) is 0.333. The molecule has 0 fully saturated rings. The molecule has 2 aromatic rings. The smallest absolute Gasteiger partial charge is 0.220 e. The van der Waals surface area contributed by atoms with Gasteiger partial charge in [0.25, 0.3) is 0 Å². The molecule has 0 spiro atoms. The number of rotatable bonds is 6. The lowest BCUT2D eigenvalue weighted by molar-refractivity contribution is -0.121. The number of nitrogens with one attached hydrogen (secondary N) is 1. The molecule has 2 N–H and O–H groups in total. The highest BCUT2D eigenvalue weighted by molar-refractivity contribution is 5.76. The van der Waals surface area contributed by atoms with Crippen molar-refractivity contribution in [3.05, 3.63) is 48.3 Å². The van der Waals surface area contributed by atoms with Crippen LogP contribution in [0, 0.1) is 0 Å². The number of carbonyl (C=O) groups excluding carboxylic acids is 1. The summed E-state index contributed by atoms with van der Waals surface area (Å²) in [5, 5.41) is 16.0. The van der Waals surface area contributed by atoms with Gasteiger partial charge in [-0.05, 0) is 31.0 Å². The van der Waals surface area contributed by atoms with Gasteiger partial charge < -0.3 is 10.4 Å². The maximum absolute atomic E-state index is 11.5. The number of aryl methyl sites for hydroxylation is 1. The molecule has 1 heterocycles. The van der Waals surface area contributed by atoms with Crippen molar-refractivity contribution < 1.29 is 9.90 Å². The fourth-order valence-corrected chi connectivity index (χ4v) is 1.82. The molecule has 5 heteroatoms. The molecule has 1 atom stereocenters. The third kappa shape index (κ3) is 4.20. The molecule has 0 saturated heterocycles. The number of amides is 1. The Labute approximate surface area is 118 Å². The van der Waals surface area contributed by atoms with Gasteiger partial charge in [-0.1, -0.05) is 18.2 Å². The molecule has 106 valence electrons. The van der Waals surface area contributed by atoms with Gasteiger partial charge in [0.05, 0.1) is 18.0 Å². The summed E-state index contributed by atoms with van der Waals surface area (Å²) in [6, 6.07) is 9.83. The van der Waals surface area contributed by atoms with Gasteiger partial charge >= 0.3 is 0 Å². The highest BCUT2D eigenvalue weighted by atomic mass is 16.3. The number of aromatic nitrogens is 2. The van der Waals surface area contributed by atoms with E-state index in [4.69, 9.17) is 5.11 Å². The van der Waals surface area contributed by atoms with Crippen LogP contribution in [0.4, 0.5) is 0 Å². The van der Waals surface area contributed by atoms with E-state index in [-0.39, 0.29) is 5.91 Å². The molecule has 0 saturated carbocycles. The van der Waals surface area contributed by atoms with Gasteiger partial charge in [0.2, 0.25) is 5.91 Å². The molecule has 1 unspecified atom stereocenters. The second kappa shape index (κ2) is 6.86. The summed E-state index contributed by atoms with van der Waals surface area (Å²) in [4.78, 5) is 11.5. The minimum Gasteiger partial charge on any atom is -0.392 e. The number of aliphatic hydroxyl groups excluding tert-OH is 1. The summed E-state index contributed by atoms with van der Waals surface area (Å²) in [5.41, 5.74) is 2.01. The van der Waals surface area contributed by atoms with Gasteiger partial charge in [0, 0.05) is 19.2 Å². The van der Waals surface area contributed by atoms with Crippen LogP contribution in [0.15, 0.2) is 42.7 Å². The van der Waals surface area contributed by atoms with Gasteiger partial charge in [-0.25, -0.2) is 4.68 Å². The van der Waals surface area contributed by atoms with E-state index in [0.29, 0.717) is 19.4 Å². The summed E-state index contributed by atoms with van der Waals surface area (Å²) >= 11 is 0. The van der Waals surface area contributed by atoms with Crippen LogP contribution in [0.25, 0.3) is 5.69 Å². The zero-order valence-corrected chi connectivity index (χ0v) is 11.5. The summed E-state index contributed by atoms with van der Waals surface area (Å²) in [6.45, 7) is 1.94.